The first-order valence-corrected chi connectivity index (χ1v) is 7.72. The first kappa shape index (κ1) is 15.1. The van der Waals surface area contributed by atoms with E-state index < -0.39 is 0 Å². The fraction of sp³-hybridized carbons (Fsp3) is 0.438. The van der Waals surface area contributed by atoms with Crippen LogP contribution in [0.4, 0.5) is 4.39 Å². The fourth-order valence-electron chi connectivity index (χ4n) is 2.35. The number of thiazole rings is 1. The molecule has 0 aliphatic carbocycles. The van der Waals surface area contributed by atoms with Crippen molar-refractivity contribution in [2.45, 2.75) is 26.7 Å². The predicted octanol–water partition coefficient (Wildman–Crippen LogP) is 3.52. The molecule has 0 amide bonds. The van der Waals surface area contributed by atoms with E-state index in [4.69, 9.17) is 0 Å². The number of nitrogens with one attached hydrogen (secondary N) is 1. The molecule has 0 saturated heterocycles. The van der Waals surface area contributed by atoms with Crippen LogP contribution in [0.5, 0.6) is 0 Å². The van der Waals surface area contributed by atoms with E-state index in [9.17, 15) is 4.39 Å². The molecule has 2 rings (SSSR count). The predicted molar refractivity (Wildman–Crippen MR) is 82.8 cm³/mol. The van der Waals surface area contributed by atoms with Crippen molar-refractivity contribution in [1.29, 1.82) is 0 Å². The molecule has 0 saturated carbocycles. The molecule has 0 radical (unpaired) electrons. The van der Waals surface area contributed by atoms with E-state index in [1.165, 1.54) is 10.9 Å². The number of hydrogen-bond donors (Lipinski definition) is 1. The molecule has 0 aliphatic heterocycles. The average Bonchev–Trinajstić information content (AvgIpc) is 2.71. The highest BCUT2D eigenvalue weighted by Gasteiger charge is 2.15. The highest BCUT2D eigenvalue weighted by molar-refractivity contribution is 7.11. The van der Waals surface area contributed by atoms with Gasteiger partial charge in [0.15, 0.2) is 0 Å². The molecule has 2 aromatic rings. The van der Waals surface area contributed by atoms with Gasteiger partial charge in [0.05, 0.1) is 10.7 Å². The summed E-state index contributed by atoms with van der Waals surface area (Å²) >= 11 is 1.75. The summed E-state index contributed by atoms with van der Waals surface area (Å²) in [5, 5.41) is 4.35. The third kappa shape index (κ3) is 3.87. The Bertz CT molecular complexity index is 546. The minimum absolute atomic E-state index is 0.111. The minimum atomic E-state index is -0.111. The molecule has 0 spiro atoms. The smallest absolute Gasteiger partial charge is 0.126 e. The lowest BCUT2D eigenvalue weighted by Crippen LogP contribution is -2.23. The number of rotatable bonds is 6. The lowest BCUT2D eigenvalue weighted by molar-refractivity contribution is 0.479. The highest BCUT2D eigenvalue weighted by Crippen LogP contribution is 2.22. The monoisotopic (exact) mass is 292 g/mol. The van der Waals surface area contributed by atoms with E-state index in [2.05, 4.69) is 17.2 Å². The average molecular weight is 292 g/mol. The molecular formula is C16H21FN2S. The molecular weight excluding hydrogens is 271 g/mol. The van der Waals surface area contributed by atoms with Gasteiger partial charge in [0.25, 0.3) is 0 Å². The van der Waals surface area contributed by atoms with Crippen LogP contribution >= 0.6 is 11.3 Å². The van der Waals surface area contributed by atoms with Crippen LogP contribution in [0.1, 0.15) is 21.1 Å². The topological polar surface area (TPSA) is 24.9 Å². The summed E-state index contributed by atoms with van der Waals surface area (Å²) in [6.45, 7) is 5.01. The molecule has 0 fully saturated rings. The van der Waals surface area contributed by atoms with Gasteiger partial charge in [0.2, 0.25) is 0 Å². The van der Waals surface area contributed by atoms with Crippen LogP contribution < -0.4 is 5.32 Å². The summed E-state index contributed by atoms with van der Waals surface area (Å²) in [7, 11) is 1.94. The molecule has 4 heteroatoms. The molecule has 1 aromatic carbocycles. The third-order valence-corrected chi connectivity index (χ3v) is 4.59. The van der Waals surface area contributed by atoms with Crippen LogP contribution in [-0.4, -0.2) is 18.6 Å². The molecule has 108 valence electrons. The van der Waals surface area contributed by atoms with Crippen molar-refractivity contribution in [2.75, 3.05) is 13.6 Å². The van der Waals surface area contributed by atoms with Crippen molar-refractivity contribution in [2.24, 2.45) is 5.92 Å². The standard InChI is InChI=1S/C16H21FN2S/c1-11-12(2)20-16(19-11)9-13(10-18-3)8-14-6-4-5-7-15(14)17/h4-7,13,18H,8-10H2,1-3H3. The summed E-state index contributed by atoms with van der Waals surface area (Å²) < 4.78 is 13.8. The van der Waals surface area contributed by atoms with E-state index in [1.54, 1.807) is 17.4 Å². The lowest BCUT2D eigenvalue weighted by atomic mass is 9.96. The molecule has 20 heavy (non-hydrogen) atoms. The second-order valence-electron chi connectivity index (χ2n) is 5.17. The van der Waals surface area contributed by atoms with Gasteiger partial charge in [-0.05, 0) is 51.4 Å². The number of hydrogen-bond acceptors (Lipinski definition) is 3. The first-order valence-electron chi connectivity index (χ1n) is 6.91. The molecule has 1 aromatic heterocycles. The van der Waals surface area contributed by atoms with E-state index in [-0.39, 0.29) is 5.82 Å². The van der Waals surface area contributed by atoms with Gasteiger partial charge < -0.3 is 5.32 Å². The van der Waals surface area contributed by atoms with Crippen molar-refractivity contribution in [3.8, 4) is 0 Å². The zero-order valence-electron chi connectivity index (χ0n) is 12.2. The zero-order chi connectivity index (χ0) is 14.5. The van der Waals surface area contributed by atoms with E-state index in [1.807, 2.05) is 26.1 Å². The maximum absolute atomic E-state index is 13.8. The molecule has 2 nitrogen and oxygen atoms in total. The van der Waals surface area contributed by atoms with Crippen molar-refractivity contribution >= 4 is 11.3 Å². The van der Waals surface area contributed by atoms with Crippen LogP contribution in [0.3, 0.4) is 0 Å². The van der Waals surface area contributed by atoms with Gasteiger partial charge in [-0.3, -0.25) is 0 Å². The number of benzene rings is 1. The van der Waals surface area contributed by atoms with Crippen LogP contribution in [0.25, 0.3) is 0 Å². The Balaban J connectivity index is 2.09. The Labute approximate surface area is 124 Å². The van der Waals surface area contributed by atoms with E-state index >= 15 is 0 Å². The first-order chi connectivity index (χ1) is 9.60. The summed E-state index contributed by atoms with van der Waals surface area (Å²) in [5.41, 5.74) is 1.90. The Morgan fingerprint density at radius 1 is 1.25 bits per heavy atom. The number of aryl methyl sites for hydroxylation is 2. The highest BCUT2D eigenvalue weighted by atomic mass is 32.1. The number of halogens is 1. The maximum Gasteiger partial charge on any atom is 0.126 e. The Morgan fingerprint density at radius 3 is 2.60 bits per heavy atom. The molecule has 1 heterocycles. The van der Waals surface area contributed by atoms with Gasteiger partial charge in [-0.15, -0.1) is 11.3 Å². The minimum Gasteiger partial charge on any atom is -0.319 e. The van der Waals surface area contributed by atoms with Gasteiger partial charge in [0, 0.05) is 11.3 Å². The van der Waals surface area contributed by atoms with Crippen molar-refractivity contribution in [1.82, 2.24) is 10.3 Å². The van der Waals surface area contributed by atoms with Gasteiger partial charge in [-0.1, -0.05) is 18.2 Å². The Hall–Kier alpha value is -1.26. The number of nitrogens with zero attached hydrogens (tertiary/aromatic N) is 1. The largest absolute Gasteiger partial charge is 0.319 e. The van der Waals surface area contributed by atoms with Gasteiger partial charge in [0.1, 0.15) is 5.82 Å². The van der Waals surface area contributed by atoms with Crippen molar-refractivity contribution < 1.29 is 4.39 Å². The second-order valence-corrected chi connectivity index (χ2v) is 6.46. The molecule has 0 bridgehead atoms. The van der Waals surface area contributed by atoms with E-state index in [0.29, 0.717) is 5.92 Å². The van der Waals surface area contributed by atoms with Crippen LogP contribution in [-0.2, 0) is 12.8 Å². The Kier molecular flexibility index (Phi) is 5.26. The van der Waals surface area contributed by atoms with Crippen molar-refractivity contribution in [3.63, 3.8) is 0 Å². The summed E-state index contributed by atoms with van der Waals surface area (Å²) in [5.74, 6) is 0.252. The van der Waals surface area contributed by atoms with Gasteiger partial charge in [-0.2, -0.15) is 0 Å². The number of aromatic nitrogens is 1. The SMILES string of the molecule is CNCC(Cc1nc(C)c(C)s1)Cc1ccccc1F. The summed E-state index contributed by atoms with van der Waals surface area (Å²) in [4.78, 5) is 5.87. The molecule has 1 unspecified atom stereocenters. The van der Waals surface area contributed by atoms with E-state index in [0.717, 1.165) is 35.7 Å². The summed E-state index contributed by atoms with van der Waals surface area (Å²) in [6.07, 6.45) is 1.64. The lowest BCUT2D eigenvalue weighted by Gasteiger charge is -2.15. The van der Waals surface area contributed by atoms with Gasteiger partial charge >= 0.3 is 0 Å². The molecule has 1 atom stereocenters. The summed E-state index contributed by atoms with van der Waals surface area (Å²) in [6, 6.07) is 7.03. The maximum atomic E-state index is 13.8. The molecule has 0 aliphatic rings. The third-order valence-electron chi connectivity index (χ3n) is 3.50. The quantitative estimate of drug-likeness (QED) is 0.881. The van der Waals surface area contributed by atoms with Crippen LogP contribution in [0.15, 0.2) is 24.3 Å². The normalized spacial score (nSPS) is 12.6. The molecule has 1 N–H and O–H groups in total. The Morgan fingerprint density at radius 2 is 2.00 bits per heavy atom. The fourth-order valence-corrected chi connectivity index (χ4v) is 3.40. The van der Waals surface area contributed by atoms with Crippen LogP contribution in [0, 0.1) is 25.6 Å². The zero-order valence-corrected chi connectivity index (χ0v) is 13.1. The van der Waals surface area contributed by atoms with Crippen LogP contribution in [0.2, 0.25) is 0 Å². The second kappa shape index (κ2) is 6.95. The van der Waals surface area contributed by atoms with Gasteiger partial charge in [-0.25, -0.2) is 9.37 Å². The van der Waals surface area contributed by atoms with Crippen molar-refractivity contribution in [3.05, 3.63) is 51.2 Å².